The maximum Gasteiger partial charge on any atom is 0.270 e. The molecule has 6 nitrogen and oxygen atoms in total. The lowest BCUT2D eigenvalue weighted by Crippen LogP contribution is -2.34. The van der Waals surface area contributed by atoms with Gasteiger partial charge in [0.1, 0.15) is 0 Å². The lowest BCUT2D eigenvalue weighted by molar-refractivity contribution is -0.384. The molecule has 0 saturated heterocycles. The van der Waals surface area contributed by atoms with Crippen molar-refractivity contribution in [1.29, 1.82) is 0 Å². The highest BCUT2D eigenvalue weighted by molar-refractivity contribution is 5.99. The molecule has 1 aliphatic rings. The van der Waals surface area contributed by atoms with Crippen LogP contribution in [-0.4, -0.2) is 28.8 Å². The quantitative estimate of drug-likeness (QED) is 0.491. The molecule has 1 aromatic rings. The topological polar surface area (TPSA) is 89.5 Å². The van der Waals surface area contributed by atoms with Gasteiger partial charge in [-0.2, -0.15) is 0 Å². The summed E-state index contributed by atoms with van der Waals surface area (Å²) in [4.78, 5) is 24.6. The van der Waals surface area contributed by atoms with Crippen molar-refractivity contribution in [1.82, 2.24) is 4.90 Å². The molecule has 1 amide bonds. The molecule has 2 N–H and O–H groups in total. The Morgan fingerprint density at radius 3 is 2.75 bits per heavy atom. The third-order valence-corrected chi connectivity index (χ3v) is 3.43. The lowest BCUT2D eigenvalue weighted by atomic mass is 10.1. The Bertz CT molecular complexity index is 526. The molecule has 6 heteroatoms. The highest BCUT2D eigenvalue weighted by atomic mass is 16.6. The van der Waals surface area contributed by atoms with Gasteiger partial charge in [-0.05, 0) is 31.2 Å². The Balaban J connectivity index is 2.24. The van der Waals surface area contributed by atoms with Crippen molar-refractivity contribution in [2.24, 2.45) is 5.92 Å². The van der Waals surface area contributed by atoms with E-state index in [2.05, 4.69) is 0 Å². The molecule has 0 bridgehead atoms. The Hall–Kier alpha value is -2.11. The molecular weight excluding hydrogens is 258 g/mol. The van der Waals surface area contributed by atoms with E-state index < -0.39 is 4.92 Å². The summed E-state index contributed by atoms with van der Waals surface area (Å²) in [6.07, 6.45) is 3.16. The van der Waals surface area contributed by atoms with Crippen molar-refractivity contribution in [3.05, 3.63) is 33.9 Å². The van der Waals surface area contributed by atoms with E-state index in [1.165, 1.54) is 18.2 Å². The molecule has 2 rings (SSSR count). The van der Waals surface area contributed by atoms with Gasteiger partial charge in [-0.3, -0.25) is 14.9 Å². The zero-order valence-corrected chi connectivity index (χ0v) is 11.5. The molecule has 0 spiro atoms. The average molecular weight is 277 g/mol. The van der Waals surface area contributed by atoms with Crippen LogP contribution in [-0.2, 0) is 0 Å². The highest BCUT2D eigenvalue weighted by Gasteiger charge is 2.28. The maximum absolute atomic E-state index is 12.5. The number of nitrogen functional groups attached to an aromatic ring is 1. The van der Waals surface area contributed by atoms with Gasteiger partial charge < -0.3 is 10.6 Å². The van der Waals surface area contributed by atoms with Crippen LogP contribution in [0.15, 0.2) is 18.2 Å². The number of benzene rings is 1. The summed E-state index contributed by atoms with van der Waals surface area (Å²) in [5, 5.41) is 10.8. The van der Waals surface area contributed by atoms with E-state index in [4.69, 9.17) is 5.73 Å². The molecule has 108 valence electrons. The third kappa shape index (κ3) is 3.26. The van der Waals surface area contributed by atoms with Crippen molar-refractivity contribution in [2.75, 3.05) is 18.8 Å². The lowest BCUT2D eigenvalue weighted by Gasteiger charge is -2.22. The largest absolute Gasteiger partial charge is 0.398 e. The van der Waals surface area contributed by atoms with Crippen molar-refractivity contribution in [3.8, 4) is 0 Å². The van der Waals surface area contributed by atoms with Crippen molar-refractivity contribution < 1.29 is 9.72 Å². The maximum atomic E-state index is 12.5. The number of carbonyl (C=O) groups excluding carboxylic acids is 1. The van der Waals surface area contributed by atoms with E-state index in [0.29, 0.717) is 12.5 Å². The molecule has 0 radical (unpaired) electrons. The SMILES string of the molecule is CCCN(CC1CC1)C(=O)c1cc([N+](=O)[O-])ccc1N. The fourth-order valence-electron chi connectivity index (χ4n) is 2.17. The van der Waals surface area contributed by atoms with Gasteiger partial charge in [0.15, 0.2) is 0 Å². The number of hydrogen-bond acceptors (Lipinski definition) is 4. The summed E-state index contributed by atoms with van der Waals surface area (Å²) in [7, 11) is 0. The molecule has 20 heavy (non-hydrogen) atoms. The predicted molar refractivity (Wildman–Crippen MR) is 76.4 cm³/mol. The minimum absolute atomic E-state index is 0.106. The van der Waals surface area contributed by atoms with Gasteiger partial charge in [-0.25, -0.2) is 0 Å². The van der Waals surface area contributed by atoms with E-state index in [-0.39, 0.29) is 22.8 Å². The van der Waals surface area contributed by atoms with Gasteiger partial charge in [0.25, 0.3) is 11.6 Å². The number of nitro benzene ring substituents is 1. The van der Waals surface area contributed by atoms with Crippen LogP contribution in [0, 0.1) is 16.0 Å². The van der Waals surface area contributed by atoms with Crippen molar-refractivity contribution in [3.63, 3.8) is 0 Å². The summed E-state index contributed by atoms with van der Waals surface area (Å²) < 4.78 is 0. The number of hydrogen-bond donors (Lipinski definition) is 1. The van der Waals surface area contributed by atoms with Gasteiger partial charge in [0.2, 0.25) is 0 Å². The zero-order valence-electron chi connectivity index (χ0n) is 11.5. The number of nitrogens with zero attached hydrogens (tertiary/aromatic N) is 2. The van der Waals surface area contributed by atoms with Crippen LogP contribution in [0.5, 0.6) is 0 Å². The summed E-state index contributed by atoms with van der Waals surface area (Å²) in [6, 6.07) is 4.01. The van der Waals surface area contributed by atoms with Crippen LogP contribution >= 0.6 is 0 Å². The van der Waals surface area contributed by atoms with Gasteiger partial charge >= 0.3 is 0 Å². The third-order valence-electron chi connectivity index (χ3n) is 3.43. The van der Waals surface area contributed by atoms with Crippen molar-refractivity contribution in [2.45, 2.75) is 26.2 Å². The second-order valence-electron chi connectivity index (χ2n) is 5.22. The standard InChI is InChI=1S/C14H19N3O3/c1-2-7-16(9-10-3-4-10)14(18)12-8-11(17(19)20)5-6-13(12)15/h5-6,8,10H,2-4,7,9,15H2,1H3. The smallest absolute Gasteiger partial charge is 0.270 e. The van der Waals surface area contributed by atoms with Gasteiger partial charge in [0.05, 0.1) is 10.5 Å². The fourth-order valence-corrected chi connectivity index (χ4v) is 2.17. The number of rotatable bonds is 6. The molecule has 0 aromatic heterocycles. The second-order valence-corrected chi connectivity index (χ2v) is 5.22. The molecule has 0 heterocycles. The minimum atomic E-state index is -0.513. The first-order valence-electron chi connectivity index (χ1n) is 6.86. The first-order valence-corrected chi connectivity index (χ1v) is 6.86. The molecule has 1 fully saturated rings. The number of amides is 1. The molecule has 0 unspecified atom stereocenters. The molecule has 1 aromatic carbocycles. The van der Waals surface area contributed by atoms with Crippen LogP contribution in [0.2, 0.25) is 0 Å². The van der Waals surface area contributed by atoms with Crippen LogP contribution < -0.4 is 5.73 Å². The monoisotopic (exact) mass is 277 g/mol. The van der Waals surface area contributed by atoms with Crippen LogP contribution in [0.3, 0.4) is 0 Å². The Kier molecular flexibility index (Phi) is 4.22. The minimum Gasteiger partial charge on any atom is -0.398 e. The summed E-state index contributed by atoms with van der Waals surface area (Å²) in [6.45, 7) is 3.37. The van der Waals surface area contributed by atoms with E-state index >= 15 is 0 Å². The van der Waals surface area contributed by atoms with Crippen LogP contribution in [0.25, 0.3) is 0 Å². The van der Waals surface area contributed by atoms with Crippen LogP contribution in [0.4, 0.5) is 11.4 Å². The average Bonchev–Trinajstić information content (AvgIpc) is 3.21. The second kappa shape index (κ2) is 5.90. The Labute approximate surface area is 117 Å². The summed E-state index contributed by atoms with van der Waals surface area (Å²) in [5.74, 6) is 0.366. The van der Waals surface area contributed by atoms with E-state index in [1.54, 1.807) is 4.90 Å². The summed E-state index contributed by atoms with van der Waals surface area (Å²) >= 11 is 0. The molecule has 0 atom stereocenters. The van der Waals surface area contributed by atoms with E-state index in [9.17, 15) is 14.9 Å². The van der Waals surface area contributed by atoms with Gasteiger partial charge in [0, 0.05) is 30.9 Å². The fraction of sp³-hybridized carbons (Fsp3) is 0.500. The Morgan fingerprint density at radius 2 is 2.20 bits per heavy atom. The zero-order chi connectivity index (χ0) is 14.7. The predicted octanol–water partition coefficient (Wildman–Crippen LogP) is 2.44. The first-order chi connectivity index (χ1) is 9.52. The summed E-state index contributed by atoms with van der Waals surface area (Å²) in [5.41, 5.74) is 6.21. The van der Waals surface area contributed by atoms with E-state index in [1.807, 2.05) is 6.92 Å². The number of nitro groups is 1. The number of nitrogens with two attached hydrogens (primary N) is 1. The number of anilines is 1. The molecular formula is C14H19N3O3. The number of carbonyl (C=O) groups is 1. The van der Waals surface area contributed by atoms with Crippen LogP contribution in [0.1, 0.15) is 36.5 Å². The van der Waals surface area contributed by atoms with E-state index in [0.717, 1.165) is 25.8 Å². The molecule has 1 saturated carbocycles. The van der Waals surface area contributed by atoms with Crippen molar-refractivity contribution >= 4 is 17.3 Å². The molecule has 1 aliphatic carbocycles. The number of non-ortho nitro benzene ring substituents is 1. The Morgan fingerprint density at radius 1 is 1.50 bits per heavy atom. The highest BCUT2D eigenvalue weighted by Crippen LogP contribution is 2.31. The first kappa shape index (κ1) is 14.3. The van der Waals surface area contributed by atoms with Gasteiger partial charge in [-0.15, -0.1) is 0 Å². The van der Waals surface area contributed by atoms with Gasteiger partial charge in [-0.1, -0.05) is 6.92 Å². The normalized spacial score (nSPS) is 14.1. The molecule has 0 aliphatic heterocycles.